The Labute approximate surface area is 116 Å². The number of halogens is 1. The van der Waals surface area contributed by atoms with Crippen LogP contribution in [-0.4, -0.2) is 21.4 Å². The minimum Gasteiger partial charge on any atom is -0.505 e. The van der Waals surface area contributed by atoms with Crippen LogP contribution in [0.25, 0.3) is 0 Å². The minimum absolute atomic E-state index is 0.0622. The molecular weight excluding hydrogens is 259 g/mol. The van der Waals surface area contributed by atoms with Crippen LogP contribution in [0.4, 0.5) is 10.1 Å². The number of pyridine rings is 1. The number of aliphatic hydroxyl groups excluding tert-OH is 1. The van der Waals surface area contributed by atoms with E-state index in [2.05, 4.69) is 9.98 Å². The van der Waals surface area contributed by atoms with Gasteiger partial charge in [-0.05, 0) is 31.5 Å². The van der Waals surface area contributed by atoms with E-state index in [9.17, 15) is 14.6 Å². The van der Waals surface area contributed by atoms with Crippen LogP contribution in [0.1, 0.15) is 22.4 Å². The first kappa shape index (κ1) is 14.1. The van der Waals surface area contributed by atoms with Gasteiger partial charge in [-0.1, -0.05) is 6.07 Å². The van der Waals surface area contributed by atoms with E-state index < -0.39 is 5.82 Å². The Hall–Kier alpha value is -2.27. The van der Waals surface area contributed by atoms with Gasteiger partial charge in [0.25, 0.3) is 0 Å². The van der Waals surface area contributed by atoms with Crippen molar-refractivity contribution in [1.29, 1.82) is 0 Å². The molecule has 0 aliphatic rings. The maximum Gasteiger partial charge on any atom is 0.149 e. The van der Waals surface area contributed by atoms with Crippen molar-refractivity contribution in [2.45, 2.75) is 20.5 Å². The number of aromatic nitrogens is 1. The highest BCUT2D eigenvalue weighted by atomic mass is 19.1. The molecule has 1 aromatic carbocycles. The van der Waals surface area contributed by atoms with Crippen LogP contribution in [0.15, 0.2) is 29.4 Å². The molecule has 0 amide bonds. The third-order valence-electron chi connectivity index (χ3n) is 2.96. The van der Waals surface area contributed by atoms with Crippen molar-refractivity contribution in [2.75, 3.05) is 0 Å². The van der Waals surface area contributed by atoms with Crippen molar-refractivity contribution in [3.05, 3.63) is 52.6 Å². The van der Waals surface area contributed by atoms with Crippen LogP contribution in [0.3, 0.4) is 0 Å². The van der Waals surface area contributed by atoms with Gasteiger partial charge in [-0.2, -0.15) is 0 Å². The van der Waals surface area contributed by atoms with Crippen LogP contribution in [0.2, 0.25) is 0 Å². The van der Waals surface area contributed by atoms with E-state index in [0.29, 0.717) is 16.8 Å². The molecule has 2 rings (SSSR count). The van der Waals surface area contributed by atoms with E-state index in [1.54, 1.807) is 26.0 Å². The van der Waals surface area contributed by atoms with Crippen LogP contribution >= 0.6 is 0 Å². The summed E-state index contributed by atoms with van der Waals surface area (Å²) in [5.41, 5.74) is 2.19. The van der Waals surface area contributed by atoms with Gasteiger partial charge in [0, 0.05) is 23.5 Å². The second kappa shape index (κ2) is 5.79. The summed E-state index contributed by atoms with van der Waals surface area (Å²) < 4.78 is 13.7. The highest BCUT2D eigenvalue weighted by Crippen LogP contribution is 2.24. The van der Waals surface area contributed by atoms with Gasteiger partial charge in [-0.3, -0.25) is 9.98 Å². The molecule has 0 fully saturated rings. The Morgan fingerprint density at radius 3 is 2.75 bits per heavy atom. The first-order valence-corrected chi connectivity index (χ1v) is 6.11. The van der Waals surface area contributed by atoms with Gasteiger partial charge in [-0.15, -0.1) is 0 Å². The lowest BCUT2D eigenvalue weighted by Crippen LogP contribution is -1.97. The summed E-state index contributed by atoms with van der Waals surface area (Å²) >= 11 is 0. The maximum atomic E-state index is 13.7. The fraction of sp³-hybridized carbons (Fsp3) is 0.200. The molecule has 0 saturated carbocycles. The Morgan fingerprint density at radius 1 is 1.35 bits per heavy atom. The smallest absolute Gasteiger partial charge is 0.149 e. The third-order valence-corrected chi connectivity index (χ3v) is 2.96. The predicted octanol–water partition coefficient (Wildman–Crippen LogP) is 2.79. The lowest BCUT2D eigenvalue weighted by molar-refractivity contribution is 0.280. The zero-order chi connectivity index (χ0) is 14.7. The van der Waals surface area contributed by atoms with Gasteiger partial charge in [0.15, 0.2) is 0 Å². The Morgan fingerprint density at radius 2 is 2.10 bits per heavy atom. The Bertz CT molecular complexity index is 669. The third kappa shape index (κ3) is 2.83. The molecule has 0 saturated heterocycles. The zero-order valence-electron chi connectivity index (χ0n) is 11.3. The molecule has 4 nitrogen and oxygen atoms in total. The molecule has 0 spiro atoms. The average molecular weight is 274 g/mol. The molecule has 104 valence electrons. The number of benzene rings is 1. The average Bonchev–Trinajstić information content (AvgIpc) is 2.42. The molecule has 0 aliphatic heterocycles. The molecule has 0 atom stereocenters. The SMILES string of the molecule is Cc1ccc(N=Cc2c(CO)cnc(C)c2O)c(F)c1. The van der Waals surface area contributed by atoms with Gasteiger partial charge in [0.2, 0.25) is 0 Å². The standard InChI is InChI=1S/C15H15FN2O2/c1-9-3-4-14(13(16)5-9)18-7-12-11(8-19)6-17-10(2)15(12)20/h3-7,19-20H,8H2,1-2H3. The van der Waals surface area contributed by atoms with Gasteiger partial charge in [-0.25, -0.2) is 4.39 Å². The normalized spacial score (nSPS) is 11.2. The molecular formula is C15H15FN2O2. The highest BCUT2D eigenvalue weighted by molar-refractivity contribution is 5.87. The van der Waals surface area contributed by atoms with Crippen molar-refractivity contribution in [1.82, 2.24) is 4.98 Å². The monoisotopic (exact) mass is 274 g/mol. The molecule has 2 N–H and O–H groups in total. The number of hydrogen-bond acceptors (Lipinski definition) is 4. The Kier molecular flexibility index (Phi) is 4.10. The van der Waals surface area contributed by atoms with Gasteiger partial charge in [0.05, 0.1) is 18.0 Å². The van der Waals surface area contributed by atoms with E-state index in [1.165, 1.54) is 18.5 Å². The summed E-state index contributed by atoms with van der Waals surface area (Å²) in [5, 5.41) is 19.2. The fourth-order valence-electron chi connectivity index (χ4n) is 1.77. The minimum atomic E-state index is -0.433. The molecule has 5 heteroatoms. The first-order valence-electron chi connectivity index (χ1n) is 6.11. The van der Waals surface area contributed by atoms with Crippen LogP contribution < -0.4 is 0 Å². The summed E-state index contributed by atoms with van der Waals surface area (Å²) in [6.45, 7) is 3.15. The van der Waals surface area contributed by atoms with Crippen LogP contribution in [-0.2, 0) is 6.61 Å². The molecule has 20 heavy (non-hydrogen) atoms. The number of nitrogens with zero attached hydrogens (tertiary/aromatic N) is 2. The van der Waals surface area contributed by atoms with Gasteiger partial charge >= 0.3 is 0 Å². The lowest BCUT2D eigenvalue weighted by Gasteiger charge is -2.07. The summed E-state index contributed by atoms with van der Waals surface area (Å²) in [6.07, 6.45) is 2.80. The molecule has 0 unspecified atom stereocenters. The summed E-state index contributed by atoms with van der Waals surface area (Å²) in [6, 6.07) is 4.70. The molecule has 2 aromatic rings. The number of aryl methyl sites for hydroxylation is 2. The Balaban J connectivity index is 2.43. The van der Waals surface area contributed by atoms with Crippen molar-refractivity contribution in [3.63, 3.8) is 0 Å². The number of aromatic hydroxyl groups is 1. The summed E-state index contributed by atoms with van der Waals surface area (Å²) in [4.78, 5) is 7.98. The van der Waals surface area contributed by atoms with Gasteiger partial charge < -0.3 is 10.2 Å². The van der Waals surface area contributed by atoms with E-state index in [0.717, 1.165) is 5.56 Å². The number of rotatable bonds is 3. The van der Waals surface area contributed by atoms with Crippen molar-refractivity contribution >= 4 is 11.9 Å². The zero-order valence-corrected chi connectivity index (χ0v) is 11.3. The fourth-order valence-corrected chi connectivity index (χ4v) is 1.77. The van der Waals surface area contributed by atoms with Crippen molar-refractivity contribution in [2.24, 2.45) is 4.99 Å². The topological polar surface area (TPSA) is 65.7 Å². The van der Waals surface area contributed by atoms with Gasteiger partial charge in [0.1, 0.15) is 11.6 Å². The van der Waals surface area contributed by atoms with E-state index >= 15 is 0 Å². The molecule has 0 radical (unpaired) electrons. The van der Waals surface area contributed by atoms with Crippen LogP contribution in [0, 0.1) is 19.7 Å². The molecule has 0 aliphatic carbocycles. The largest absolute Gasteiger partial charge is 0.505 e. The number of aliphatic imine (C=N–C) groups is 1. The van der Waals surface area contributed by atoms with Crippen LogP contribution in [0.5, 0.6) is 5.75 Å². The molecule has 1 aromatic heterocycles. The summed E-state index contributed by atoms with van der Waals surface area (Å²) in [7, 11) is 0. The maximum absolute atomic E-state index is 13.7. The summed E-state index contributed by atoms with van der Waals surface area (Å²) in [5.74, 6) is -0.495. The highest BCUT2D eigenvalue weighted by Gasteiger charge is 2.09. The van der Waals surface area contributed by atoms with E-state index in [-0.39, 0.29) is 18.0 Å². The lowest BCUT2D eigenvalue weighted by atomic mass is 10.1. The first-order chi connectivity index (χ1) is 9.52. The second-order valence-electron chi connectivity index (χ2n) is 4.50. The number of aliphatic hydroxyl groups is 1. The van der Waals surface area contributed by atoms with Crippen molar-refractivity contribution in [3.8, 4) is 5.75 Å². The number of hydrogen-bond donors (Lipinski definition) is 2. The second-order valence-corrected chi connectivity index (χ2v) is 4.50. The quantitative estimate of drug-likeness (QED) is 0.846. The molecule has 0 bridgehead atoms. The van der Waals surface area contributed by atoms with E-state index in [1.807, 2.05) is 0 Å². The van der Waals surface area contributed by atoms with Crippen molar-refractivity contribution < 1.29 is 14.6 Å². The molecule has 1 heterocycles. The predicted molar refractivity (Wildman–Crippen MR) is 75.0 cm³/mol. The van der Waals surface area contributed by atoms with E-state index in [4.69, 9.17) is 0 Å².